The first kappa shape index (κ1) is 14.7. The number of aliphatic hydroxyl groups is 1. The minimum Gasteiger partial charge on any atom is -0.496 e. The Hall–Kier alpha value is -1.75. The van der Waals surface area contributed by atoms with Gasteiger partial charge in [0.25, 0.3) is 0 Å². The van der Waals surface area contributed by atoms with Crippen molar-refractivity contribution in [2.75, 3.05) is 26.8 Å². The molecule has 0 saturated carbocycles. The van der Waals surface area contributed by atoms with Crippen molar-refractivity contribution in [2.45, 2.75) is 19.4 Å². The first-order valence-corrected chi connectivity index (χ1v) is 7.00. The zero-order chi connectivity index (χ0) is 14.4. The van der Waals surface area contributed by atoms with Gasteiger partial charge in [-0.15, -0.1) is 0 Å². The number of hydrogen-bond donors (Lipinski definition) is 2. The minimum absolute atomic E-state index is 0.0488. The monoisotopic (exact) mass is 278 g/mol. The van der Waals surface area contributed by atoms with Crippen molar-refractivity contribution in [3.63, 3.8) is 0 Å². The average molecular weight is 278 g/mol. The number of aliphatic hydroxyl groups excluding tert-OH is 1. The third-order valence-electron chi connectivity index (χ3n) is 3.78. The highest BCUT2D eigenvalue weighted by Crippen LogP contribution is 2.18. The number of rotatable bonds is 4. The predicted octanol–water partition coefficient (Wildman–Crippen LogP) is 1.61. The maximum absolute atomic E-state index is 12.1. The van der Waals surface area contributed by atoms with Crippen LogP contribution in [0.2, 0.25) is 0 Å². The summed E-state index contributed by atoms with van der Waals surface area (Å²) in [7, 11) is 1.63. The number of ether oxygens (including phenoxy) is 1. The van der Waals surface area contributed by atoms with Gasteiger partial charge in [-0.25, -0.2) is 4.79 Å². The van der Waals surface area contributed by atoms with Crippen molar-refractivity contribution in [1.29, 1.82) is 0 Å². The van der Waals surface area contributed by atoms with Gasteiger partial charge >= 0.3 is 6.03 Å². The van der Waals surface area contributed by atoms with E-state index in [1.807, 2.05) is 29.2 Å². The second kappa shape index (κ2) is 7.14. The van der Waals surface area contributed by atoms with E-state index < -0.39 is 0 Å². The predicted molar refractivity (Wildman–Crippen MR) is 76.6 cm³/mol. The number of piperidine rings is 1. The van der Waals surface area contributed by atoms with E-state index in [4.69, 9.17) is 9.84 Å². The van der Waals surface area contributed by atoms with Gasteiger partial charge in [0, 0.05) is 31.8 Å². The van der Waals surface area contributed by atoms with E-state index in [1.54, 1.807) is 7.11 Å². The van der Waals surface area contributed by atoms with Crippen molar-refractivity contribution < 1.29 is 14.6 Å². The third-order valence-corrected chi connectivity index (χ3v) is 3.78. The number of amides is 2. The van der Waals surface area contributed by atoms with E-state index in [2.05, 4.69) is 5.32 Å². The lowest BCUT2D eigenvalue weighted by Crippen LogP contribution is -2.44. The molecule has 0 bridgehead atoms. The van der Waals surface area contributed by atoms with Crippen LogP contribution < -0.4 is 10.1 Å². The largest absolute Gasteiger partial charge is 0.496 e. The van der Waals surface area contributed by atoms with Crippen LogP contribution in [0.4, 0.5) is 4.79 Å². The Morgan fingerprint density at radius 2 is 2.10 bits per heavy atom. The Labute approximate surface area is 119 Å². The molecule has 110 valence electrons. The van der Waals surface area contributed by atoms with Crippen LogP contribution in [0, 0.1) is 5.92 Å². The quantitative estimate of drug-likeness (QED) is 0.879. The molecule has 2 rings (SSSR count). The molecule has 2 amide bonds. The Kier molecular flexibility index (Phi) is 5.24. The van der Waals surface area contributed by atoms with Gasteiger partial charge in [-0.3, -0.25) is 0 Å². The average Bonchev–Trinajstić information content (AvgIpc) is 2.53. The van der Waals surface area contributed by atoms with E-state index in [-0.39, 0.29) is 12.6 Å². The van der Waals surface area contributed by atoms with Gasteiger partial charge in [-0.2, -0.15) is 0 Å². The zero-order valence-electron chi connectivity index (χ0n) is 11.8. The third kappa shape index (κ3) is 3.63. The molecule has 0 atom stereocenters. The van der Waals surface area contributed by atoms with Crippen LogP contribution in [-0.4, -0.2) is 42.8 Å². The molecule has 0 unspecified atom stereocenters. The van der Waals surface area contributed by atoms with E-state index in [0.717, 1.165) is 24.2 Å². The maximum Gasteiger partial charge on any atom is 0.317 e. The topological polar surface area (TPSA) is 61.8 Å². The number of hydrogen-bond acceptors (Lipinski definition) is 3. The van der Waals surface area contributed by atoms with Crippen molar-refractivity contribution >= 4 is 6.03 Å². The van der Waals surface area contributed by atoms with Gasteiger partial charge in [0.15, 0.2) is 0 Å². The van der Waals surface area contributed by atoms with Crippen molar-refractivity contribution in [3.8, 4) is 5.75 Å². The number of benzene rings is 1. The van der Waals surface area contributed by atoms with Crippen molar-refractivity contribution in [2.24, 2.45) is 5.92 Å². The summed E-state index contributed by atoms with van der Waals surface area (Å²) in [5.74, 6) is 1.13. The lowest BCUT2D eigenvalue weighted by atomic mass is 9.98. The highest BCUT2D eigenvalue weighted by atomic mass is 16.5. The molecule has 1 fully saturated rings. The van der Waals surface area contributed by atoms with E-state index in [9.17, 15) is 4.79 Å². The lowest BCUT2D eigenvalue weighted by Gasteiger charge is -2.31. The van der Waals surface area contributed by atoms with Gasteiger partial charge in [0.05, 0.1) is 7.11 Å². The van der Waals surface area contributed by atoms with Gasteiger partial charge in [-0.1, -0.05) is 18.2 Å². The van der Waals surface area contributed by atoms with Crippen molar-refractivity contribution in [3.05, 3.63) is 29.8 Å². The molecule has 1 aliphatic rings. The zero-order valence-corrected chi connectivity index (χ0v) is 11.8. The molecule has 0 radical (unpaired) electrons. The first-order valence-electron chi connectivity index (χ1n) is 7.00. The van der Waals surface area contributed by atoms with E-state index in [1.165, 1.54) is 0 Å². The van der Waals surface area contributed by atoms with Crippen LogP contribution in [0.1, 0.15) is 18.4 Å². The van der Waals surface area contributed by atoms with Crippen LogP contribution >= 0.6 is 0 Å². The summed E-state index contributed by atoms with van der Waals surface area (Å²) in [5.41, 5.74) is 0.966. The lowest BCUT2D eigenvalue weighted by molar-refractivity contribution is 0.137. The first-order chi connectivity index (χ1) is 9.74. The van der Waals surface area contributed by atoms with E-state index >= 15 is 0 Å². The summed E-state index contributed by atoms with van der Waals surface area (Å²) < 4.78 is 5.26. The summed E-state index contributed by atoms with van der Waals surface area (Å²) in [5, 5.41) is 12.0. The van der Waals surface area contributed by atoms with Crippen LogP contribution in [0.15, 0.2) is 24.3 Å². The Balaban J connectivity index is 1.83. The second-order valence-corrected chi connectivity index (χ2v) is 5.08. The number of urea groups is 1. The Morgan fingerprint density at radius 1 is 1.40 bits per heavy atom. The molecule has 1 saturated heterocycles. The molecule has 20 heavy (non-hydrogen) atoms. The second-order valence-electron chi connectivity index (χ2n) is 5.08. The van der Waals surface area contributed by atoms with Gasteiger partial charge in [-0.05, 0) is 24.8 Å². The van der Waals surface area contributed by atoms with Crippen LogP contribution in [0.5, 0.6) is 5.75 Å². The number of methoxy groups -OCH3 is 1. The number of carbonyl (C=O) groups is 1. The van der Waals surface area contributed by atoms with E-state index in [0.29, 0.717) is 25.6 Å². The maximum atomic E-state index is 12.1. The molecule has 5 heteroatoms. The molecule has 1 heterocycles. The summed E-state index contributed by atoms with van der Waals surface area (Å²) in [6.45, 7) is 2.10. The number of likely N-dealkylation sites (tertiary alicyclic amines) is 1. The molecule has 1 aliphatic heterocycles. The molecule has 0 aliphatic carbocycles. The highest BCUT2D eigenvalue weighted by Gasteiger charge is 2.22. The summed E-state index contributed by atoms with van der Waals surface area (Å²) in [4.78, 5) is 13.9. The number of para-hydroxylation sites is 1. The minimum atomic E-state index is -0.0488. The molecule has 1 aromatic rings. The molecule has 0 aromatic heterocycles. The highest BCUT2D eigenvalue weighted by molar-refractivity contribution is 5.74. The molecule has 1 aromatic carbocycles. The standard InChI is InChI=1S/C15H22N2O3/c1-20-14-5-3-2-4-13(14)10-16-15(19)17-8-6-12(11-18)7-9-17/h2-5,12,18H,6-11H2,1H3,(H,16,19). The molecular formula is C15H22N2O3. The fourth-order valence-electron chi connectivity index (χ4n) is 2.45. The smallest absolute Gasteiger partial charge is 0.317 e. The number of nitrogens with zero attached hydrogens (tertiary/aromatic N) is 1. The fourth-order valence-corrected chi connectivity index (χ4v) is 2.45. The number of carbonyl (C=O) groups excluding carboxylic acids is 1. The van der Waals surface area contributed by atoms with Crippen LogP contribution in [0.3, 0.4) is 0 Å². The molecular weight excluding hydrogens is 256 g/mol. The SMILES string of the molecule is COc1ccccc1CNC(=O)N1CCC(CO)CC1. The summed E-state index contributed by atoms with van der Waals surface area (Å²) in [6, 6.07) is 7.61. The summed E-state index contributed by atoms with van der Waals surface area (Å²) >= 11 is 0. The van der Waals surface area contributed by atoms with Gasteiger partial charge in [0.1, 0.15) is 5.75 Å². The van der Waals surface area contributed by atoms with Gasteiger partial charge < -0.3 is 20.1 Å². The fraction of sp³-hybridized carbons (Fsp3) is 0.533. The normalized spacial score (nSPS) is 16.0. The molecule has 5 nitrogen and oxygen atoms in total. The Morgan fingerprint density at radius 3 is 2.75 bits per heavy atom. The van der Waals surface area contributed by atoms with Crippen molar-refractivity contribution in [1.82, 2.24) is 10.2 Å². The Bertz CT molecular complexity index is 442. The van der Waals surface area contributed by atoms with Crippen LogP contribution in [-0.2, 0) is 6.54 Å². The number of nitrogens with one attached hydrogen (secondary N) is 1. The summed E-state index contributed by atoms with van der Waals surface area (Å²) in [6.07, 6.45) is 1.75. The van der Waals surface area contributed by atoms with Crippen LogP contribution in [0.25, 0.3) is 0 Å². The molecule has 0 spiro atoms. The van der Waals surface area contributed by atoms with Gasteiger partial charge in [0.2, 0.25) is 0 Å². The molecule has 2 N–H and O–H groups in total.